The van der Waals surface area contributed by atoms with Gasteiger partial charge in [-0.1, -0.05) is 12.1 Å². The molecule has 2 aromatic heterocycles. The van der Waals surface area contributed by atoms with Crippen LogP contribution in [-0.2, 0) is 11.2 Å². The number of piperazine rings is 1. The van der Waals surface area contributed by atoms with Gasteiger partial charge in [-0.2, -0.15) is 0 Å². The summed E-state index contributed by atoms with van der Waals surface area (Å²) in [5.41, 5.74) is 1.87. The van der Waals surface area contributed by atoms with Crippen LogP contribution in [0.15, 0.2) is 42.0 Å². The van der Waals surface area contributed by atoms with Gasteiger partial charge in [-0.15, -0.1) is 11.3 Å². The molecule has 138 valence electrons. The molecule has 3 aromatic rings. The average Bonchev–Trinajstić information content (AvgIpc) is 3.17. The van der Waals surface area contributed by atoms with Crippen LogP contribution in [0, 0.1) is 0 Å². The fourth-order valence-corrected chi connectivity index (χ4v) is 4.13. The van der Waals surface area contributed by atoms with Gasteiger partial charge in [-0.25, -0.2) is 14.8 Å². The van der Waals surface area contributed by atoms with E-state index in [0.717, 1.165) is 21.6 Å². The lowest BCUT2D eigenvalue weighted by molar-refractivity contribution is -0.130. The summed E-state index contributed by atoms with van der Waals surface area (Å²) in [6, 6.07) is 8.53. The first-order chi connectivity index (χ1) is 13.1. The van der Waals surface area contributed by atoms with E-state index < -0.39 is 5.97 Å². The van der Waals surface area contributed by atoms with E-state index in [1.165, 1.54) is 6.07 Å². The number of anilines is 1. The molecule has 1 aliphatic rings. The topological polar surface area (TPSA) is 86.6 Å². The Morgan fingerprint density at radius 2 is 1.93 bits per heavy atom. The molecule has 1 aromatic carbocycles. The first kappa shape index (κ1) is 17.4. The molecule has 0 spiro atoms. The second kappa shape index (κ2) is 7.32. The molecule has 7 nitrogen and oxygen atoms in total. The molecule has 0 saturated carbocycles. The Bertz CT molecular complexity index is 995. The summed E-state index contributed by atoms with van der Waals surface area (Å²) >= 11 is 1.62. The number of carboxylic acid groups (broad SMARTS) is 1. The van der Waals surface area contributed by atoms with Crippen molar-refractivity contribution in [2.45, 2.75) is 6.42 Å². The van der Waals surface area contributed by atoms with Crippen molar-refractivity contribution < 1.29 is 14.7 Å². The molecule has 4 rings (SSSR count). The summed E-state index contributed by atoms with van der Waals surface area (Å²) in [6.45, 7) is 2.67. The van der Waals surface area contributed by atoms with E-state index in [9.17, 15) is 9.59 Å². The predicted octanol–water partition coefficient (Wildman–Crippen LogP) is 2.28. The van der Waals surface area contributed by atoms with E-state index in [0.29, 0.717) is 26.2 Å². The number of thiophene rings is 1. The first-order valence-electron chi connectivity index (χ1n) is 8.65. The van der Waals surface area contributed by atoms with Gasteiger partial charge in [0, 0.05) is 26.2 Å². The lowest BCUT2D eigenvalue weighted by atomic mass is 10.1. The predicted molar refractivity (Wildman–Crippen MR) is 103 cm³/mol. The van der Waals surface area contributed by atoms with Crippen molar-refractivity contribution in [1.82, 2.24) is 14.9 Å². The highest BCUT2D eigenvalue weighted by atomic mass is 32.1. The number of benzene rings is 1. The third kappa shape index (κ3) is 3.61. The molecule has 3 heterocycles. The van der Waals surface area contributed by atoms with Crippen molar-refractivity contribution in [2.24, 2.45) is 0 Å². The van der Waals surface area contributed by atoms with Crippen molar-refractivity contribution in [1.29, 1.82) is 0 Å². The molecule has 1 fully saturated rings. The Kier molecular flexibility index (Phi) is 4.72. The lowest BCUT2D eigenvalue weighted by Crippen LogP contribution is -2.49. The van der Waals surface area contributed by atoms with E-state index in [1.807, 2.05) is 16.3 Å². The minimum absolute atomic E-state index is 0.0150. The van der Waals surface area contributed by atoms with Gasteiger partial charge in [0.15, 0.2) is 0 Å². The van der Waals surface area contributed by atoms with Gasteiger partial charge in [0.05, 0.1) is 22.2 Å². The zero-order valence-corrected chi connectivity index (χ0v) is 15.4. The van der Waals surface area contributed by atoms with Crippen LogP contribution < -0.4 is 4.90 Å². The summed E-state index contributed by atoms with van der Waals surface area (Å²) in [7, 11) is 0. The number of amides is 1. The number of hydrogen-bond donors (Lipinski definition) is 1. The number of aromatic nitrogens is 2. The van der Waals surface area contributed by atoms with Gasteiger partial charge in [-0.3, -0.25) is 4.79 Å². The van der Waals surface area contributed by atoms with Crippen LogP contribution in [0.25, 0.3) is 10.2 Å². The molecule has 1 saturated heterocycles. The van der Waals surface area contributed by atoms with Crippen LogP contribution in [0.4, 0.5) is 5.82 Å². The Labute approximate surface area is 159 Å². The number of hydrogen-bond acceptors (Lipinski definition) is 6. The summed E-state index contributed by atoms with van der Waals surface area (Å²) < 4.78 is 1.07. The van der Waals surface area contributed by atoms with Crippen molar-refractivity contribution in [3.05, 3.63) is 53.2 Å². The molecule has 0 aliphatic carbocycles. The summed E-state index contributed by atoms with van der Waals surface area (Å²) in [6.07, 6.45) is 1.79. The van der Waals surface area contributed by atoms with Gasteiger partial charge in [0.25, 0.3) is 0 Å². The maximum Gasteiger partial charge on any atom is 0.335 e. The monoisotopic (exact) mass is 382 g/mol. The smallest absolute Gasteiger partial charge is 0.335 e. The van der Waals surface area contributed by atoms with Crippen molar-refractivity contribution in [2.75, 3.05) is 31.1 Å². The largest absolute Gasteiger partial charge is 0.478 e. The highest BCUT2D eigenvalue weighted by Gasteiger charge is 2.23. The van der Waals surface area contributed by atoms with Gasteiger partial charge in [0.1, 0.15) is 12.1 Å². The number of rotatable bonds is 4. The molecule has 0 unspecified atom stereocenters. The van der Waals surface area contributed by atoms with Crippen molar-refractivity contribution >= 4 is 39.2 Å². The maximum absolute atomic E-state index is 12.6. The fourth-order valence-electron chi connectivity index (χ4n) is 3.27. The zero-order valence-electron chi connectivity index (χ0n) is 14.5. The van der Waals surface area contributed by atoms with E-state index in [4.69, 9.17) is 5.11 Å². The van der Waals surface area contributed by atoms with Crippen LogP contribution in [0.5, 0.6) is 0 Å². The molecule has 8 heteroatoms. The molecule has 27 heavy (non-hydrogen) atoms. The second-order valence-electron chi connectivity index (χ2n) is 6.38. The second-order valence-corrected chi connectivity index (χ2v) is 7.30. The van der Waals surface area contributed by atoms with Crippen LogP contribution in [0.3, 0.4) is 0 Å². The van der Waals surface area contributed by atoms with Crippen LogP contribution >= 0.6 is 11.3 Å². The van der Waals surface area contributed by atoms with Gasteiger partial charge in [0.2, 0.25) is 5.91 Å². The van der Waals surface area contributed by atoms with Crippen LogP contribution in [0.1, 0.15) is 15.9 Å². The van der Waals surface area contributed by atoms with Crippen LogP contribution in [-0.4, -0.2) is 58.0 Å². The third-order valence-corrected chi connectivity index (χ3v) is 5.59. The summed E-state index contributed by atoms with van der Waals surface area (Å²) in [4.78, 5) is 36.4. The van der Waals surface area contributed by atoms with Crippen molar-refractivity contribution in [3.63, 3.8) is 0 Å². The maximum atomic E-state index is 12.6. The third-order valence-electron chi connectivity index (χ3n) is 4.69. The first-order valence-corrected chi connectivity index (χ1v) is 9.53. The molecule has 1 amide bonds. The Balaban J connectivity index is 1.40. The van der Waals surface area contributed by atoms with Crippen LogP contribution in [0.2, 0.25) is 0 Å². The number of nitrogens with zero attached hydrogens (tertiary/aromatic N) is 4. The number of carbonyl (C=O) groups is 2. The molecule has 1 N–H and O–H groups in total. The van der Waals surface area contributed by atoms with Gasteiger partial charge in [-0.05, 0) is 29.1 Å². The zero-order chi connectivity index (χ0) is 18.8. The van der Waals surface area contributed by atoms with Crippen molar-refractivity contribution in [3.8, 4) is 0 Å². The highest BCUT2D eigenvalue weighted by molar-refractivity contribution is 7.17. The molecular formula is C19H18N4O3S. The SMILES string of the molecule is O=C(O)c1cccc(CC(=O)N2CCN(c3ncnc4ccsc34)CC2)c1. The Morgan fingerprint density at radius 1 is 1.11 bits per heavy atom. The van der Waals surface area contributed by atoms with E-state index in [1.54, 1.807) is 35.9 Å². The van der Waals surface area contributed by atoms with E-state index in [2.05, 4.69) is 14.9 Å². The number of carbonyl (C=O) groups excluding carboxylic acids is 1. The number of aromatic carboxylic acids is 1. The molecule has 0 atom stereocenters. The van der Waals surface area contributed by atoms with Gasteiger partial charge >= 0.3 is 5.97 Å². The molecule has 1 aliphatic heterocycles. The summed E-state index contributed by atoms with van der Waals surface area (Å²) in [5, 5.41) is 11.1. The minimum atomic E-state index is -0.984. The van der Waals surface area contributed by atoms with E-state index >= 15 is 0 Å². The molecule has 0 bridgehead atoms. The average molecular weight is 382 g/mol. The highest BCUT2D eigenvalue weighted by Crippen LogP contribution is 2.28. The summed E-state index contributed by atoms with van der Waals surface area (Å²) in [5.74, 6) is -0.0416. The van der Waals surface area contributed by atoms with E-state index in [-0.39, 0.29) is 17.9 Å². The quantitative estimate of drug-likeness (QED) is 0.745. The Morgan fingerprint density at radius 3 is 2.70 bits per heavy atom. The standard InChI is InChI=1S/C19H18N4O3S/c24-16(11-13-2-1-3-14(10-13)19(25)26)22-5-7-23(8-6-22)18-17-15(4-9-27-17)20-12-21-18/h1-4,9-10,12H,5-8,11H2,(H,25,26). The lowest BCUT2D eigenvalue weighted by Gasteiger charge is -2.35. The van der Waals surface area contributed by atoms with Gasteiger partial charge < -0.3 is 14.9 Å². The molecular weight excluding hydrogens is 364 g/mol. The fraction of sp³-hybridized carbons (Fsp3) is 0.263. The molecule has 0 radical (unpaired) electrons. The number of fused-ring (bicyclic) bond motifs is 1. The Hall–Kier alpha value is -3.00. The number of carboxylic acids is 1. The minimum Gasteiger partial charge on any atom is -0.478 e. The normalized spacial score (nSPS) is 14.5.